The molecule has 0 radical (unpaired) electrons. The number of nitrogens with zero attached hydrogens (tertiary/aromatic N) is 2. The lowest BCUT2D eigenvalue weighted by Gasteiger charge is -2.24. The molecule has 1 aliphatic rings. The minimum atomic E-state index is -4.19. The fourth-order valence-electron chi connectivity index (χ4n) is 1.99. The van der Waals surface area contributed by atoms with Crippen LogP contribution in [0.4, 0.5) is 19.0 Å². The van der Waals surface area contributed by atoms with Crippen molar-refractivity contribution in [1.29, 1.82) is 0 Å². The van der Waals surface area contributed by atoms with Crippen LogP contribution in [0.5, 0.6) is 0 Å². The Morgan fingerprint density at radius 3 is 2.50 bits per heavy atom. The first-order chi connectivity index (χ1) is 9.35. The van der Waals surface area contributed by atoms with E-state index in [0.717, 1.165) is 18.4 Å². The van der Waals surface area contributed by atoms with Crippen LogP contribution in [0.1, 0.15) is 32.3 Å². The molecule has 3 nitrogen and oxygen atoms in total. The number of halogens is 3. The first kappa shape index (κ1) is 15.1. The van der Waals surface area contributed by atoms with Crippen LogP contribution in [0, 0.1) is 0 Å². The zero-order valence-electron chi connectivity index (χ0n) is 11.7. The summed E-state index contributed by atoms with van der Waals surface area (Å²) in [6.07, 6.45) is -0.915. The molecule has 1 fully saturated rings. The van der Waals surface area contributed by atoms with Crippen molar-refractivity contribution in [3.8, 4) is 0 Å². The van der Waals surface area contributed by atoms with Crippen LogP contribution in [0.15, 0.2) is 18.3 Å². The van der Waals surface area contributed by atoms with Crippen LogP contribution in [-0.2, 0) is 6.54 Å². The SMILES string of the molecule is CC(C)NCc1ccc(N(CC(F)(F)F)C2CC2)nc1. The van der Waals surface area contributed by atoms with Crippen molar-refractivity contribution in [2.45, 2.75) is 51.5 Å². The number of anilines is 1. The van der Waals surface area contributed by atoms with E-state index in [4.69, 9.17) is 0 Å². The summed E-state index contributed by atoms with van der Waals surface area (Å²) in [5, 5.41) is 3.25. The molecule has 1 saturated carbocycles. The largest absolute Gasteiger partial charge is 0.405 e. The highest BCUT2D eigenvalue weighted by molar-refractivity contribution is 5.42. The van der Waals surface area contributed by atoms with Crippen molar-refractivity contribution < 1.29 is 13.2 Å². The van der Waals surface area contributed by atoms with Crippen molar-refractivity contribution in [2.75, 3.05) is 11.4 Å². The summed E-state index contributed by atoms with van der Waals surface area (Å²) in [5.41, 5.74) is 0.977. The number of rotatable bonds is 6. The Morgan fingerprint density at radius 1 is 1.35 bits per heavy atom. The van der Waals surface area contributed by atoms with E-state index in [0.29, 0.717) is 18.4 Å². The smallest absolute Gasteiger partial charge is 0.345 e. The number of pyridine rings is 1. The third kappa shape index (κ3) is 4.67. The topological polar surface area (TPSA) is 28.2 Å². The molecule has 1 N–H and O–H groups in total. The van der Waals surface area contributed by atoms with Crippen molar-refractivity contribution in [3.63, 3.8) is 0 Å². The highest BCUT2D eigenvalue weighted by Gasteiger charge is 2.38. The minimum absolute atomic E-state index is 0.0104. The predicted molar refractivity (Wildman–Crippen MR) is 72.6 cm³/mol. The zero-order chi connectivity index (χ0) is 14.8. The van der Waals surface area contributed by atoms with Gasteiger partial charge in [0.2, 0.25) is 0 Å². The highest BCUT2D eigenvalue weighted by atomic mass is 19.4. The Morgan fingerprint density at radius 2 is 2.05 bits per heavy atom. The second kappa shape index (κ2) is 5.99. The molecule has 0 bridgehead atoms. The van der Waals surface area contributed by atoms with E-state index in [-0.39, 0.29) is 6.04 Å². The molecule has 2 rings (SSSR count). The van der Waals surface area contributed by atoms with Crippen molar-refractivity contribution in [1.82, 2.24) is 10.3 Å². The summed E-state index contributed by atoms with van der Waals surface area (Å²) < 4.78 is 37.8. The Bertz CT molecular complexity index is 424. The van der Waals surface area contributed by atoms with E-state index in [1.807, 2.05) is 19.9 Å². The molecule has 0 aromatic carbocycles. The minimum Gasteiger partial charge on any atom is -0.345 e. The Kier molecular flexibility index (Phi) is 4.52. The molecule has 20 heavy (non-hydrogen) atoms. The lowest BCUT2D eigenvalue weighted by molar-refractivity contribution is -0.120. The third-order valence-corrected chi connectivity index (χ3v) is 3.16. The summed E-state index contributed by atoms with van der Waals surface area (Å²) in [4.78, 5) is 5.55. The van der Waals surface area contributed by atoms with Gasteiger partial charge in [-0.05, 0) is 24.5 Å². The van der Waals surface area contributed by atoms with E-state index in [2.05, 4.69) is 10.3 Å². The molecule has 112 valence electrons. The zero-order valence-corrected chi connectivity index (χ0v) is 11.7. The number of alkyl halides is 3. The molecule has 0 spiro atoms. The molecular weight excluding hydrogens is 267 g/mol. The van der Waals surface area contributed by atoms with Crippen molar-refractivity contribution >= 4 is 5.82 Å². The lowest BCUT2D eigenvalue weighted by atomic mass is 10.2. The first-order valence-corrected chi connectivity index (χ1v) is 6.87. The van der Waals surface area contributed by atoms with E-state index < -0.39 is 12.7 Å². The van der Waals surface area contributed by atoms with Gasteiger partial charge in [-0.15, -0.1) is 0 Å². The van der Waals surface area contributed by atoms with Crippen LogP contribution in [-0.4, -0.2) is 29.8 Å². The maximum Gasteiger partial charge on any atom is 0.405 e. The average Bonchev–Trinajstić information content (AvgIpc) is 3.17. The lowest BCUT2D eigenvalue weighted by Crippen LogP contribution is -2.36. The van der Waals surface area contributed by atoms with Gasteiger partial charge in [0.05, 0.1) is 0 Å². The van der Waals surface area contributed by atoms with Gasteiger partial charge in [-0.3, -0.25) is 0 Å². The van der Waals surface area contributed by atoms with Crippen LogP contribution in [0.2, 0.25) is 0 Å². The maximum atomic E-state index is 12.6. The van der Waals surface area contributed by atoms with Gasteiger partial charge in [0.25, 0.3) is 0 Å². The van der Waals surface area contributed by atoms with Gasteiger partial charge >= 0.3 is 6.18 Å². The molecule has 1 aliphatic carbocycles. The Hall–Kier alpha value is -1.30. The third-order valence-electron chi connectivity index (χ3n) is 3.16. The molecule has 0 atom stereocenters. The van der Waals surface area contributed by atoms with E-state index in [9.17, 15) is 13.2 Å². The summed E-state index contributed by atoms with van der Waals surface area (Å²) in [6.45, 7) is 3.84. The van der Waals surface area contributed by atoms with E-state index >= 15 is 0 Å². The Balaban J connectivity index is 2.02. The van der Waals surface area contributed by atoms with Crippen molar-refractivity contribution in [2.24, 2.45) is 0 Å². The molecule has 1 heterocycles. The predicted octanol–water partition coefficient (Wildman–Crippen LogP) is 3.11. The van der Waals surface area contributed by atoms with Gasteiger partial charge in [0.15, 0.2) is 0 Å². The highest BCUT2D eigenvalue weighted by Crippen LogP contribution is 2.33. The van der Waals surface area contributed by atoms with Crippen LogP contribution in [0.25, 0.3) is 0 Å². The number of hydrogen-bond donors (Lipinski definition) is 1. The summed E-state index contributed by atoms with van der Waals surface area (Å²) in [6, 6.07) is 3.87. The Labute approximate surface area is 117 Å². The van der Waals surface area contributed by atoms with Crippen molar-refractivity contribution in [3.05, 3.63) is 23.9 Å². The van der Waals surface area contributed by atoms with Gasteiger partial charge < -0.3 is 10.2 Å². The number of nitrogens with one attached hydrogen (secondary N) is 1. The maximum absolute atomic E-state index is 12.6. The monoisotopic (exact) mass is 287 g/mol. The number of aromatic nitrogens is 1. The summed E-state index contributed by atoms with van der Waals surface area (Å²) >= 11 is 0. The fourth-order valence-corrected chi connectivity index (χ4v) is 1.99. The molecule has 1 aromatic rings. The average molecular weight is 287 g/mol. The molecule has 0 amide bonds. The molecular formula is C14H20F3N3. The van der Waals surface area contributed by atoms with Crippen LogP contribution >= 0.6 is 0 Å². The summed E-state index contributed by atoms with van der Waals surface area (Å²) in [5.74, 6) is 0.415. The van der Waals surface area contributed by atoms with Gasteiger partial charge in [-0.2, -0.15) is 13.2 Å². The number of hydrogen-bond acceptors (Lipinski definition) is 3. The normalized spacial score (nSPS) is 15.7. The van der Waals surface area contributed by atoms with Gasteiger partial charge in [0, 0.05) is 24.8 Å². The molecule has 0 aliphatic heterocycles. The standard InChI is InChI=1S/C14H20F3N3/c1-10(2)18-7-11-3-6-13(19-8-11)20(12-4-5-12)9-14(15,16)17/h3,6,8,10,12,18H,4-5,7,9H2,1-2H3. The quantitative estimate of drug-likeness (QED) is 0.871. The van der Waals surface area contributed by atoms with Crippen LogP contribution in [0.3, 0.4) is 0 Å². The second-order valence-electron chi connectivity index (χ2n) is 5.53. The molecule has 0 unspecified atom stereocenters. The second-order valence-corrected chi connectivity index (χ2v) is 5.53. The molecule has 0 saturated heterocycles. The summed E-state index contributed by atoms with van der Waals surface area (Å²) in [7, 11) is 0. The van der Waals surface area contributed by atoms with E-state index in [1.165, 1.54) is 4.90 Å². The molecule has 6 heteroatoms. The van der Waals surface area contributed by atoms with Crippen LogP contribution < -0.4 is 10.2 Å². The van der Waals surface area contributed by atoms with Gasteiger partial charge in [0.1, 0.15) is 12.4 Å². The van der Waals surface area contributed by atoms with E-state index in [1.54, 1.807) is 12.3 Å². The van der Waals surface area contributed by atoms with Gasteiger partial charge in [-0.1, -0.05) is 19.9 Å². The first-order valence-electron chi connectivity index (χ1n) is 6.87. The van der Waals surface area contributed by atoms with Gasteiger partial charge in [-0.25, -0.2) is 4.98 Å². The fraction of sp³-hybridized carbons (Fsp3) is 0.643. The molecule has 1 aromatic heterocycles.